The van der Waals surface area contributed by atoms with Gasteiger partial charge in [-0.05, 0) is 12.5 Å². The lowest BCUT2D eigenvalue weighted by atomic mass is 10.3. The average molecular weight is 96.1 g/mol. The predicted octanol–water partition coefficient (Wildman–Crippen LogP) is 1.32. The summed E-state index contributed by atoms with van der Waals surface area (Å²) in [5, 5.41) is 0. The maximum absolute atomic E-state index is 9.78. The van der Waals surface area contributed by atoms with E-state index in [9.17, 15) is 4.79 Å². The highest BCUT2D eigenvalue weighted by Crippen LogP contribution is 1.83. The molecule has 0 aliphatic rings. The van der Waals surface area contributed by atoms with Crippen LogP contribution in [0.2, 0.25) is 0 Å². The van der Waals surface area contributed by atoms with Gasteiger partial charge in [-0.25, -0.2) is 0 Å². The molecule has 0 atom stereocenters. The molecule has 0 unspecified atom stereocenters. The molecule has 1 nitrogen and oxygen atoms in total. The molecule has 0 saturated heterocycles. The summed E-state index contributed by atoms with van der Waals surface area (Å²) in [6.45, 7) is 5.14. The minimum Gasteiger partial charge on any atom is -0.298 e. The van der Waals surface area contributed by atoms with Crippen molar-refractivity contribution in [1.29, 1.82) is 0 Å². The van der Waals surface area contributed by atoms with Gasteiger partial charge in [0.1, 0.15) is 6.29 Å². The number of allylic oxidation sites excluding steroid dienone is 3. The summed E-state index contributed by atoms with van der Waals surface area (Å²) in [4.78, 5) is 9.78. The van der Waals surface area contributed by atoms with Gasteiger partial charge in [0.15, 0.2) is 0 Å². The van der Waals surface area contributed by atoms with E-state index in [2.05, 4.69) is 6.58 Å². The van der Waals surface area contributed by atoms with Gasteiger partial charge in [-0.3, -0.25) is 4.79 Å². The van der Waals surface area contributed by atoms with Gasteiger partial charge in [-0.15, -0.1) is 0 Å². The van der Waals surface area contributed by atoms with Crippen LogP contribution >= 0.6 is 0 Å². The first-order valence-corrected chi connectivity index (χ1v) is 2.05. The molecule has 1 heteroatoms. The number of hydrogen-bond donors (Lipinski definition) is 0. The van der Waals surface area contributed by atoms with E-state index in [4.69, 9.17) is 0 Å². The molecule has 38 valence electrons. The third kappa shape index (κ3) is 2.97. The van der Waals surface area contributed by atoms with E-state index in [1.54, 1.807) is 19.1 Å². The first kappa shape index (κ1) is 6.15. The summed E-state index contributed by atoms with van der Waals surface area (Å²) in [6, 6.07) is 0. The first-order valence-electron chi connectivity index (χ1n) is 2.05. The minimum atomic E-state index is 0.704. The summed E-state index contributed by atoms with van der Waals surface area (Å²) in [6.07, 6.45) is 4.04. The third-order valence-corrected chi connectivity index (χ3v) is 0.567. The molecule has 0 aromatic rings. The fourth-order valence-corrected chi connectivity index (χ4v) is 0.225. The predicted molar refractivity (Wildman–Crippen MR) is 30.0 cm³/mol. The van der Waals surface area contributed by atoms with E-state index < -0.39 is 0 Å². The number of carbonyl (C=O) groups is 1. The average Bonchev–Trinajstić information content (AvgIpc) is 1.68. The van der Waals surface area contributed by atoms with Crippen LogP contribution in [0.4, 0.5) is 0 Å². The molecule has 0 radical (unpaired) electrons. The van der Waals surface area contributed by atoms with Crippen molar-refractivity contribution < 1.29 is 4.79 Å². The number of rotatable bonds is 2. The van der Waals surface area contributed by atoms with Crippen LogP contribution in [0.5, 0.6) is 0 Å². The van der Waals surface area contributed by atoms with Gasteiger partial charge in [0.25, 0.3) is 0 Å². The van der Waals surface area contributed by atoms with Gasteiger partial charge in [-0.1, -0.05) is 18.7 Å². The zero-order chi connectivity index (χ0) is 5.70. The molecule has 0 spiro atoms. The molecule has 0 aromatic carbocycles. The van der Waals surface area contributed by atoms with Crippen LogP contribution < -0.4 is 0 Å². The Morgan fingerprint density at radius 1 is 1.71 bits per heavy atom. The molecule has 0 bridgehead atoms. The standard InChI is InChI=1S/C6H8O/c1-3-4-6(2)5-7/h3-5H,1H2,2H3/b6-4+. The van der Waals surface area contributed by atoms with Gasteiger partial charge in [0.05, 0.1) is 0 Å². The van der Waals surface area contributed by atoms with E-state index >= 15 is 0 Å². The lowest BCUT2D eigenvalue weighted by molar-refractivity contribution is -0.104. The summed E-state index contributed by atoms with van der Waals surface area (Å²) in [5.41, 5.74) is 0.704. The Morgan fingerprint density at radius 3 is 2.43 bits per heavy atom. The number of carbonyl (C=O) groups excluding carboxylic acids is 1. The number of aldehydes is 1. The molecule has 0 N–H and O–H groups in total. The summed E-state index contributed by atoms with van der Waals surface area (Å²) in [5.74, 6) is 0. The van der Waals surface area contributed by atoms with Crippen LogP contribution in [-0.4, -0.2) is 6.29 Å². The maximum Gasteiger partial charge on any atom is 0.145 e. The Hall–Kier alpha value is -0.850. The van der Waals surface area contributed by atoms with Crippen molar-refractivity contribution >= 4 is 6.29 Å². The lowest BCUT2D eigenvalue weighted by Gasteiger charge is -1.75. The van der Waals surface area contributed by atoms with Crippen molar-refractivity contribution in [2.45, 2.75) is 6.92 Å². The molecule has 0 aliphatic carbocycles. The highest BCUT2D eigenvalue weighted by molar-refractivity contribution is 5.72. The molecule has 0 rings (SSSR count). The minimum absolute atomic E-state index is 0.704. The first-order chi connectivity index (χ1) is 3.31. The molecule has 7 heavy (non-hydrogen) atoms. The molecule has 0 fully saturated rings. The molecule has 0 amide bonds. The van der Waals surface area contributed by atoms with Crippen molar-refractivity contribution in [2.24, 2.45) is 0 Å². The van der Waals surface area contributed by atoms with Gasteiger partial charge in [0, 0.05) is 0 Å². The van der Waals surface area contributed by atoms with Crippen LogP contribution in [0.25, 0.3) is 0 Å². The monoisotopic (exact) mass is 96.1 g/mol. The smallest absolute Gasteiger partial charge is 0.145 e. The Kier molecular flexibility index (Phi) is 2.94. The van der Waals surface area contributed by atoms with Crippen LogP contribution in [0, 0.1) is 0 Å². The Balaban J connectivity index is 3.72. The normalized spacial score (nSPS) is 10.7. The fourth-order valence-electron chi connectivity index (χ4n) is 0.225. The van der Waals surface area contributed by atoms with Gasteiger partial charge in [-0.2, -0.15) is 0 Å². The van der Waals surface area contributed by atoms with Crippen LogP contribution in [0.15, 0.2) is 24.3 Å². The molecule has 0 saturated carbocycles. The summed E-state index contributed by atoms with van der Waals surface area (Å²) < 4.78 is 0. The van der Waals surface area contributed by atoms with E-state index in [0.717, 1.165) is 6.29 Å². The molecule has 0 aliphatic heterocycles. The molecule has 0 heterocycles. The lowest BCUT2D eigenvalue weighted by Crippen LogP contribution is -1.70. The van der Waals surface area contributed by atoms with Crippen molar-refractivity contribution in [1.82, 2.24) is 0 Å². The van der Waals surface area contributed by atoms with Crippen LogP contribution in [-0.2, 0) is 4.79 Å². The van der Waals surface area contributed by atoms with E-state index in [0.29, 0.717) is 5.57 Å². The SMILES string of the molecule is C=C/C=C(\C)C=O. The molecule has 0 aromatic heterocycles. The van der Waals surface area contributed by atoms with Gasteiger partial charge in [0.2, 0.25) is 0 Å². The Bertz CT molecular complexity index is 101. The van der Waals surface area contributed by atoms with Crippen LogP contribution in [0.1, 0.15) is 6.92 Å². The van der Waals surface area contributed by atoms with E-state index in [1.165, 1.54) is 0 Å². The van der Waals surface area contributed by atoms with Crippen molar-refractivity contribution in [3.63, 3.8) is 0 Å². The van der Waals surface area contributed by atoms with Crippen molar-refractivity contribution in [3.8, 4) is 0 Å². The van der Waals surface area contributed by atoms with Gasteiger partial charge >= 0.3 is 0 Å². The van der Waals surface area contributed by atoms with E-state index in [1.807, 2.05) is 0 Å². The molecular formula is C6H8O. The number of hydrogen-bond acceptors (Lipinski definition) is 1. The van der Waals surface area contributed by atoms with Gasteiger partial charge < -0.3 is 0 Å². The Labute approximate surface area is 43.3 Å². The third-order valence-electron chi connectivity index (χ3n) is 0.567. The van der Waals surface area contributed by atoms with Crippen molar-refractivity contribution in [3.05, 3.63) is 24.3 Å². The quantitative estimate of drug-likeness (QED) is 0.288. The molecular weight excluding hydrogens is 88.1 g/mol. The van der Waals surface area contributed by atoms with Crippen molar-refractivity contribution in [2.75, 3.05) is 0 Å². The highest BCUT2D eigenvalue weighted by Gasteiger charge is 1.74. The fraction of sp³-hybridized carbons (Fsp3) is 0.167. The second kappa shape index (κ2) is 3.34. The van der Waals surface area contributed by atoms with Crippen LogP contribution in [0.3, 0.4) is 0 Å². The zero-order valence-electron chi connectivity index (χ0n) is 4.35. The largest absolute Gasteiger partial charge is 0.298 e. The second-order valence-corrected chi connectivity index (χ2v) is 1.26. The Morgan fingerprint density at radius 2 is 2.29 bits per heavy atom. The zero-order valence-corrected chi connectivity index (χ0v) is 4.35. The summed E-state index contributed by atoms with van der Waals surface area (Å²) >= 11 is 0. The highest BCUT2D eigenvalue weighted by atomic mass is 16.1. The summed E-state index contributed by atoms with van der Waals surface area (Å²) in [7, 11) is 0. The second-order valence-electron chi connectivity index (χ2n) is 1.26. The maximum atomic E-state index is 9.78. The van der Waals surface area contributed by atoms with E-state index in [-0.39, 0.29) is 0 Å². The topological polar surface area (TPSA) is 17.1 Å².